The molecule has 0 saturated carbocycles. The molecule has 4 nitrogen and oxygen atoms in total. The number of thiocarbonyl (C=S) groups is 1. The summed E-state index contributed by atoms with van der Waals surface area (Å²) in [5.74, 6) is -0.736. The van der Waals surface area contributed by atoms with Gasteiger partial charge in [0.25, 0.3) is 5.17 Å². The number of aliphatic hydroxyl groups is 1. The van der Waals surface area contributed by atoms with Gasteiger partial charge in [-0.2, -0.15) is 0 Å². The topological polar surface area (TPSA) is 49.8 Å². The number of rotatable bonds is 7. The van der Waals surface area contributed by atoms with Gasteiger partial charge in [0.05, 0.1) is 18.1 Å². The molecule has 1 saturated heterocycles. The third kappa shape index (κ3) is 3.98. The van der Waals surface area contributed by atoms with Gasteiger partial charge in [0.15, 0.2) is 0 Å². The van der Waals surface area contributed by atoms with Crippen molar-refractivity contribution in [2.24, 2.45) is 5.92 Å². The van der Waals surface area contributed by atoms with Gasteiger partial charge in [0.2, 0.25) is 5.91 Å². The fourth-order valence-corrected chi connectivity index (χ4v) is 3.08. The van der Waals surface area contributed by atoms with E-state index in [1.165, 1.54) is 11.0 Å². The fraction of sp³-hybridized carbons (Fsp3) is 0.444. The van der Waals surface area contributed by atoms with Crippen molar-refractivity contribution in [3.63, 3.8) is 0 Å². The number of nitrogens with zero attached hydrogens (tertiary/aromatic N) is 1. The summed E-state index contributed by atoms with van der Waals surface area (Å²) in [5.41, 5.74) is 0.975. The number of amides is 1. The lowest BCUT2D eigenvalue weighted by Crippen LogP contribution is -2.42. The maximum atomic E-state index is 13.0. The zero-order chi connectivity index (χ0) is 16.8. The largest absolute Gasteiger partial charge is 0.468 e. The monoisotopic (exact) mass is 333 g/mol. The van der Waals surface area contributed by atoms with Gasteiger partial charge in [-0.05, 0) is 24.2 Å². The summed E-state index contributed by atoms with van der Waals surface area (Å²) in [4.78, 5) is 14.5. The van der Waals surface area contributed by atoms with Gasteiger partial charge >= 0.3 is 0 Å². The predicted molar refractivity (Wildman–Crippen MR) is 93.8 cm³/mol. The van der Waals surface area contributed by atoms with Crippen molar-refractivity contribution < 1.29 is 14.6 Å². The van der Waals surface area contributed by atoms with Crippen molar-refractivity contribution in [2.45, 2.75) is 38.3 Å². The highest BCUT2D eigenvalue weighted by Gasteiger charge is 2.40. The Balaban J connectivity index is 2.25. The number of hydrogen-bond donors (Lipinski definition) is 1. The first kappa shape index (κ1) is 17.6. The summed E-state index contributed by atoms with van der Waals surface area (Å²) < 4.78 is 5.45. The highest BCUT2D eigenvalue weighted by Crippen LogP contribution is 2.31. The molecular weight excluding hydrogens is 310 g/mol. The molecule has 124 valence electrons. The summed E-state index contributed by atoms with van der Waals surface area (Å²) in [6, 6.07) is 9.44. The van der Waals surface area contributed by atoms with E-state index in [4.69, 9.17) is 17.0 Å². The molecule has 1 aliphatic heterocycles. The highest BCUT2D eigenvalue weighted by molar-refractivity contribution is 7.80. The van der Waals surface area contributed by atoms with E-state index in [-0.39, 0.29) is 17.1 Å². The van der Waals surface area contributed by atoms with Crippen molar-refractivity contribution in [1.29, 1.82) is 0 Å². The van der Waals surface area contributed by atoms with Crippen LogP contribution in [0, 0.1) is 5.92 Å². The summed E-state index contributed by atoms with van der Waals surface area (Å²) in [6.45, 7) is 6.01. The molecule has 1 aliphatic rings. The van der Waals surface area contributed by atoms with Crippen molar-refractivity contribution in [1.82, 2.24) is 4.90 Å². The lowest BCUT2D eigenvalue weighted by molar-refractivity contribution is -0.135. The van der Waals surface area contributed by atoms with Crippen LogP contribution < -0.4 is 0 Å². The minimum absolute atomic E-state index is 0.182. The molecule has 1 fully saturated rings. The van der Waals surface area contributed by atoms with Gasteiger partial charge in [0.1, 0.15) is 6.61 Å². The van der Waals surface area contributed by atoms with E-state index in [1.807, 2.05) is 30.3 Å². The second-order valence-electron chi connectivity index (χ2n) is 5.69. The molecule has 23 heavy (non-hydrogen) atoms. The molecule has 2 rings (SSSR count). The average molecular weight is 333 g/mol. The van der Waals surface area contributed by atoms with Crippen molar-refractivity contribution >= 4 is 23.3 Å². The third-order valence-corrected chi connectivity index (χ3v) is 4.45. The Morgan fingerprint density at radius 1 is 1.52 bits per heavy atom. The Kier molecular flexibility index (Phi) is 6.30. The van der Waals surface area contributed by atoms with E-state index in [0.29, 0.717) is 13.0 Å². The van der Waals surface area contributed by atoms with Gasteiger partial charge in [-0.3, -0.25) is 9.69 Å². The molecule has 1 aromatic rings. The third-order valence-electron chi connectivity index (χ3n) is 4.13. The zero-order valence-electron chi connectivity index (χ0n) is 13.4. The molecule has 1 N–H and O–H groups in total. The molecule has 0 unspecified atom stereocenters. The summed E-state index contributed by atoms with van der Waals surface area (Å²) in [5, 5.41) is 10.4. The maximum absolute atomic E-state index is 13.0. The quantitative estimate of drug-likeness (QED) is 0.615. The van der Waals surface area contributed by atoms with Crippen molar-refractivity contribution in [2.75, 3.05) is 6.61 Å². The number of carbonyl (C=O) groups is 1. The van der Waals surface area contributed by atoms with Gasteiger partial charge < -0.3 is 9.84 Å². The van der Waals surface area contributed by atoms with Crippen LogP contribution in [0.15, 0.2) is 43.0 Å². The Bertz CT molecular complexity index is 561. The molecule has 1 aromatic carbocycles. The van der Waals surface area contributed by atoms with Crippen LogP contribution in [0.25, 0.3) is 0 Å². The SMILES string of the molecule is C=C[C@@H](O)[C@H](CCCC)C(=O)N1C(=S)OC[C@@H]1c1ccccc1. The zero-order valence-corrected chi connectivity index (χ0v) is 14.2. The van der Waals surface area contributed by atoms with E-state index >= 15 is 0 Å². The van der Waals surface area contributed by atoms with Crippen LogP contribution >= 0.6 is 12.2 Å². The first-order chi connectivity index (χ1) is 11.1. The van der Waals surface area contributed by atoms with E-state index in [2.05, 4.69) is 13.5 Å². The second-order valence-corrected chi connectivity index (χ2v) is 6.04. The summed E-state index contributed by atoms with van der Waals surface area (Å²) in [6.07, 6.45) is 2.95. The molecule has 0 spiro atoms. The summed E-state index contributed by atoms with van der Waals surface area (Å²) >= 11 is 5.22. The standard InChI is InChI=1S/C18H23NO3S/c1-3-5-11-14(16(20)4-2)17(21)19-15(12-22-18(19)23)13-9-7-6-8-10-13/h4,6-10,14-16,20H,2-3,5,11-12H2,1H3/t14-,15+,16+/m0/s1. The Morgan fingerprint density at radius 3 is 2.83 bits per heavy atom. The molecule has 5 heteroatoms. The lowest BCUT2D eigenvalue weighted by Gasteiger charge is -2.28. The van der Waals surface area contributed by atoms with Crippen molar-refractivity contribution in [3.05, 3.63) is 48.6 Å². The van der Waals surface area contributed by atoms with Crippen LogP contribution in [0.1, 0.15) is 37.8 Å². The molecule has 0 radical (unpaired) electrons. The molecule has 0 aromatic heterocycles. The van der Waals surface area contributed by atoms with Gasteiger partial charge in [-0.25, -0.2) is 0 Å². The number of aliphatic hydroxyl groups excluding tert-OH is 1. The smallest absolute Gasteiger partial charge is 0.266 e. The van der Waals surface area contributed by atoms with E-state index in [1.54, 1.807) is 0 Å². The fourth-order valence-electron chi connectivity index (χ4n) is 2.79. The Labute approximate surface area is 142 Å². The van der Waals surface area contributed by atoms with Crippen LogP contribution in [0.3, 0.4) is 0 Å². The molecule has 3 atom stereocenters. The van der Waals surface area contributed by atoms with Crippen LogP contribution in [-0.2, 0) is 9.53 Å². The molecule has 0 bridgehead atoms. The van der Waals surface area contributed by atoms with Gasteiger partial charge in [-0.15, -0.1) is 6.58 Å². The predicted octanol–water partition coefficient (Wildman–Crippen LogP) is 3.22. The van der Waals surface area contributed by atoms with E-state index in [0.717, 1.165) is 18.4 Å². The first-order valence-corrected chi connectivity index (χ1v) is 8.36. The normalized spacial score (nSPS) is 20.0. The molecule has 1 amide bonds. The Hall–Kier alpha value is -1.72. The minimum Gasteiger partial charge on any atom is -0.468 e. The number of hydrogen-bond acceptors (Lipinski definition) is 4. The van der Waals surface area contributed by atoms with Crippen LogP contribution in [0.4, 0.5) is 0 Å². The average Bonchev–Trinajstić information content (AvgIpc) is 2.97. The minimum atomic E-state index is -0.881. The second kappa shape index (κ2) is 8.22. The maximum Gasteiger partial charge on any atom is 0.266 e. The lowest BCUT2D eigenvalue weighted by atomic mass is 9.93. The Morgan fingerprint density at radius 2 is 2.22 bits per heavy atom. The first-order valence-electron chi connectivity index (χ1n) is 7.95. The molecule has 0 aliphatic carbocycles. The number of carbonyl (C=O) groups excluding carboxylic acids is 1. The van der Waals surface area contributed by atoms with Crippen LogP contribution in [0.2, 0.25) is 0 Å². The summed E-state index contributed by atoms with van der Waals surface area (Å²) in [7, 11) is 0. The van der Waals surface area contributed by atoms with Crippen molar-refractivity contribution in [3.8, 4) is 0 Å². The number of ether oxygens (including phenoxy) is 1. The van der Waals surface area contributed by atoms with E-state index < -0.39 is 12.0 Å². The van der Waals surface area contributed by atoms with Crippen LogP contribution in [-0.4, -0.2) is 33.8 Å². The highest BCUT2D eigenvalue weighted by atomic mass is 32.1. The number of benzene rings is 1. The van der Waals surface area contributed by atoms with Crippen LogP contribution in [0.5, 0.6) is 0 Å². The van der Waals surface area contributed by atoms with Gasteiger partial charge in [-0.1, -0.05) is 56.2 Å². The van der Waals surface area contributed by atoms with E-state index in [9.17, 15) is 9.90 Å². The number of unbranched alkanes of at least 4 members (excludes halogenated alkanes) is 1. The molecular formula is C18H23NO3S. The molecule has 1 heterocycles. The van der Waals surface area contributed by atoms with Gasteiger partial charge in [0, 0.05) is 0 Å².